The first-order valence-electron chi connectivity index (χ1n) is 7.45. The molecule has 0 aliphatic heterocycles. The van der Waals surface area contributed by atoms with E-state index < -0.39 is 6.36 Å². The van der Waals surface area contributed by atoms with Gasteiger partial charge in [0.2, 0.25) is 0 Å². The van der Waals surface area contributed by atoms with E-state index >= 15 is 0 Å². The molecule has 0 radical (unpaired) electrons. The zero-order valence-corrected chi connectivity index (χ0v) is 16.9. The van der Waals surface area contributed by atoms with Gasteiger partial charge in [0.1, 0.15) is 17.2 Å². The predicted molar refractivity (Wildman–Crippen MR) is 107 cm³/mol. The van der Waals surface area contributed by atoms with Crippen LogP contribution in [0.3, 0.4) is 0 Å². The number of hydrogen-bond acceptors (Lipinski definition) is 4. The first kappa shape index (κ1) is 22.7. The lowest BCUT2D eigenvalue weighted by Crippen LogP contribution is -2.23. The minimum absolute atomic E-state index is 0. The number of guanidine groups is 1. The highest BCUT2D eigenvalue weighted by molar-refractivity contribution is 14.0. The van der Waals surface area contributed by atoms with Crippen LogP contribution >= 0.6 is 24.0 Å². The number of nitrogens with one attached hydrogen (secondary N) is 1. The number of hydrogen-bond donors (Lipinski definition) is 2. The van der Waals surface area contributed by atoms with E-state index in [1.54, 1.807) is 24.3 Å². The molecule has 0 aliphatic rings. The molecule has 0 aromatic heterocycles. The van der Waals surface area contributed by atoms with E-state index in [-0.39, 0.29) is 47.8 Å². The number of ether oxygens (including phenoxy) is 3. The molecular weight excluding hydrogens is 478 g/mol. The second kappa shape index (κ2) is 10.1. The molecule has 148 valence electrons. The van der Waals surface area contributed by atoms with Crippen LogP contribution in [0.1, 0.15) is 5.56 Å². The van der Waals surface area contributed by atoms with Gasteiger partial charge >= 0.3 is 6.36 Å². The molecule has 0 aliphatic carbocycles. The Balaban J connectivity index is 0.00000364. The third-order valence-electron chi connectivity index (χ3n) is 3.29. The Labute approximate surface area is 171 Å². The molecule has 0 atom stereocenters. The van der Waals surface area contributed by atoms with Crippen molar-refractivity contribution in [1.82, 2.24) is 0 Å². The molecule has 10 heteroatoms. The topological polar surface area (TPSA) is 78.1 Å². The van der Waals surface area contributed by atoms with Gasteiger partial charge in [-0.15, -0.1) is 37.1 Å². The van der Waals surface area contributed by atoms with Crippen molar-refractivity contribution in [2.45, 2.75) is 12.9 Å². The molecule has 0 fully saturated rings. The Morgan fingerprint density at radius 3 is 2.41 bits per heavy atom. The van der Waals surface area contributed by atoms with E-state index in [4.69, 9.17) is 15.2 Å². The van der Waals surface area contributed by atoms with Gasteiger partial charge < -0.3 is 25.3 Å². The summed E-state index contributed by atoms with van der Waals surface area (Å²) in [5, 5.41) is 2.83. The highest BCUT2D eigenvalue weighted by atomic mass is 127. The van der Waals surface area contributed by atoms with E-state index in [1.807, 2.05) is 0 Å². The van der Waals surface area contributed by atoms with E-state index in [0.717, 1.165) is 0 Å². The Kier molecular flexibility index (Phi) is 8.47. The van der Waals surface area contributed by atoms with Gasteiger partial charge in [0, 0.05) is 11.6 Å². The van der Waals surface area contributed by atoms with Gasteiger partial charge in [-0.25, -0.2) is 4.99 Å². The SMILES string of the molecule is COc1ccc(OC)c(NC(N)=NCc2ccccc2OC(F)(F)F)c1.I. The molecule has 2 rings (SSSR count). The lowest BCUT2D eigenvalue weighted by atomic mass is 10.2. The molecule has 0 saturated carbocycles. The van der Waals surface area contributed by atoms with Crippen LogP contribution in [0.2, 0.25) is 0 Å². The second-order valence-electron chi connectivity index (χ2n) is 5.05. The molecule has 2 aromatic carbocycles. The molecular formula is C17H19F3IN3O3. The molecule has 27 heavy (non-hydrogen) atoms. The van der Waals surface area contributed by atoms with Gasteiger partial charge in [-0.3, -0.25) is 0 Å². The van der Waals surface area contributed by atoms with Crippen LogP contribution < -0.4 is 25.3 Å². The summed E-state index contributed by atoms with van der Waals surface area (Å²) in [5.74, 6) is 0.753. The fourth-order valence-electron chi connectivity index (χ4n) is 2.12. The van der Waals surface area contributed by atoms with Gasteiger partial charge in [0.15, 0.2) is 5.96 Å². The van der Waals surface area contributed by atoms with Gasteiger partial charge in [0.25, 0.3) is 0 Å². The summed E-state index contributed by atoms with van der Waals surface area (Å²) in [6.07, 6.45) is -4.78. The van der Waals surface area contributed by atoms with Crippen LogP contribution in [0.25, 0.3) is 0 Å². The standard InChI is InChI=1S/C17H18F3N3O3.HI/c1-24-12-7-8-15(25-2)13(9-12)23-16(21)22-10-11-5-3-4-6-14(11)26-17(18,19)20;/h3-9H,10H2,1-2H3,(H3,21,22,23);1H. The summed E-state index contributed by atoms with van der Waals surface area (Å²) in [6, 6.07) is 10.8. The van der Waals surface area contributed by atoms with Crippen LogP contribution in [0.5, 0.6) is 17.2 Å². The molecule has 0 bridgehead atoms. The zero-order valence-electron chi connectivity index (χ0n) is 14.5. The number of benzene rings is 2. The largest absolute Gasteiger partial charge is 0.573 e. The Morgan fingerprint density at radius 2 is 1.78 bits per heavy atom. The fraction of sp³-hybridized carbons (Fsp3) is 0.235. The number of rotatable bonds is 6. The van der Waals surface area contributed by atoms with Crippen LogP contribution in [0.4, 0.5) is 18.9 Å². The van der Waals surface area contributed by atoms with Crippen molar-refractivity contribution in [2.24, 2.45) is 10.7 Å². The molecule has 0 spiro atoms. The number of halogens is 4. The average molecular weight is 497 g/mol. The lowest BCUT2D eigenvalue weighted by Gasteiger charge is -2.13. The van der Waals surface area contributed by atoms with Gasteiger partial charge in [-0.05, 0) is 18.2 Å². The molecule has 0 heterocycles. The maximum absolute atomic E-state index is 12.4. The van der Waals surface area contributed by atoms with Crippen LogP contribution in [0.15, 0.2) is 47.5 Å². The number of para-hydroxylation sites is 1. The zero-order chi connectivity index (χ0) is 19.2. The summed E-state index contributed by atoms with van der Waals surface area (Å²) in [6.45, 7) is -0.0998. The monoisotopic (exact) mass is 497 g/mol. The van der Waals surface area contributed by atoms with Crippen molar-refractivity contribution < 1.29 is 27.4 Å². The number of methoxy groups -OCH3 is 2. The van der Waals surface area contributed by atoms with Gasteiger partial charge in [-0.2, -0.15) is 0 Å². The Hall–Kier alpha value is -2.37. The Morgan fingerprint density at radius 1 is 1.07 bits per heavy atom. The maximum Gasteiger partial charge on any atom is 0.573 e. The predicted octanol–water partition coefficient (Wildman–Crippen LogP) is 4.15. The summed E-state index contributed by atoms with van der Waals surface area (Å²) in [5.41, 5.74) is 6.58. The molecule has 3 N–H and O–H groups in total. The molecule has 0 unspecified atom stereocenters. The van der Waals surface area contributed by atoms with Crippen molar-refractivity contribution >= 4 is 35.6 Å². The third-order valence-corrected chi connectivity index (χ3v) is 3.29. The second-order valence-corrected chi connectivity index (χ2v) is 5.05. The normalized spacial score (nSPS) is 11.4. The van der Waals surface area contributed by atoms with Crippen LogP contribution in [-0.2, 0) is 6.54 Å². The summed E-state index contributed by atoms with van der Waals surface area (Å²) in [7, 11) is 3.01. The van der Waals surface area contributed by atoms with Gasteiger partial charge in [0.05, 0.1) is 26.5 Å². The Bertz CT molecular complexity index is 786. The summed E-state index contributed by atoms with van der Waals surface area (Å²) >= 11 is 0. The summed E-state index contributed by atoms with van der Waals surface area (Å²) < 4.78 is 51.6. The number of anilines is 1. The van der Waals surface area contributed by atoms with E-state index in [1.165, 1.54) is 32.4 Å². The highest BCUT2D eigenvalue weighted by Gasteiger charge is 2.31. The number of aliphatic imine (C=N–C) groups is 1. The van der Waals surface area contributed by atoms with E-state index in [0.29, 0.717) is 17.2 Å². The number of nitrogens with zero attached hydrogens (tertiary/aromatic N) is 1. The van der Waals surface area contributed by atoms with Crippen molar-refractivity contribution in [3.63, 3.8) is 0 Å². The average Bonchev–Trinajstić information content (AvgIpc) is 2.59. The smallest absolute Gasteiger partial charge is 0.497 e. The quantitative estimate of drug-likeness (QED) is 0.357. The fourth-order valence-corrected chi connectivity index (χ4v) is 2.12. The third kappa shape index (κ3) is 7.04. The maximum atomic E-state index is 12.4. The molecule has 2 aromatic rings. The van der Waals surface area contributed by atoms with Crippen LogP contribution in [0, 0.1) is 0 Å². The first-order valence-corrected chi connectivity index (χ1v) is 7.45. The highest BCUT2D eigenvalue weighted by Crippen LogP contribution is 2.29. The molecule has 0 saturated heterocycles. The van der Waals surface area contributed by atoms with Crippen LogP contribution in [-0.4, -0.2) is 26.5 Å². The molecule has 0 amide bonds. The van der Waals surface area contributed by atoms with E-state index in [2.05, 4.69) is 15.0 Å². The van der Waals surface area contributed by atoms with Crippen molar-refractivity contribution in [2.75, 3.05) is 19.5 Å². The minimum atomic E-state index is -4.78. The van der Waals surface area contributed by atoms with Crippen molar-refractivity contribution in [3.8, 4) is 17.2 Å². The van der Waals surface area contributed by atoms with Crippen molar-refractivity contribution in [1.29, 1.82) is 0 Å². The van der Waals surface area contributed by atoms with Crippen molar-refractivity contribution in [3.05, 3.63) is 48.0 Å². The van der Waals surface area contributed by atoms with E-state index in [9.17, 15) is 13.2 Å². The molecule has 6 nitrogen and oxygen atoms in total. The lowest BCUT2D eigenvalue weighted by molar-refractivity contribution is -0.274. The minimum Gasteiger partial charge on any atom is -0.497 e. The number of nitrogens with two attached hydrogens (primary N) is 1. The first-order chi connectivity index (χ1) is 12.3. The number of alkyl halides is 3. The summed E-state index contributed by atoms with van der Waals surface area (Å²) in [4.78, 5) is 4.05. The van der Waals surface area contributed by atoms with Gasteiger partial charge in [-0.1, -0.05) is 18.2 Å².